The molecule has 0 spiro atoms. The molecular formula is C16H20BrN3. The van der Waals surface area contributed by atoms with Crippen LogP contribution >= 0.6 is 15.9 Å². The standard InChI is InChI=1S/C16H20BrN3/c1-12-10-20(11-13-6-2-5-9-15(13)17)16(18-12)19-14-7-3-4-8-14/h2,5-6,9-10,14H,3-4,7-8,11H2,1H3,(H,18,19). The van der Waals surface area contributed by atoms with Crippen LogP contribution < -0.4 is 5.32 Å². The third-order valence-corrected chi connectivity index (χ3v) is 4.66. The molecule has 1 aromatic heterocycles. The van der Waals surface area contributed by atoms with Gasteiger partial charge in [0, 0.05) is 16.7 Å². The van der Waals surface area contributed by atoms with Gasteiger partial charge in [-0.05, 0) is 31.4 Å². The Hall–Kier alpha value is -1.29. The van der Waals surface area contributed by atoms with Gasteiger partial charge in [0.1, 0.15) is 0 Å². The van der Waals surface area contributed by atoms with Crippen molar-refractivity contribution in [1.29, 1.82) is 0 Å². The van der Waals surface area contributed by atoms with Crippen LogP contribution in [0.5, 0.6) is 0 Å². The number of imidazole rings is 1. The Morgan fingerprint density at radius 2 is 2.05 bits per heavy atom. The van der Waals surface area contributed by atoms with E-state index in [1.54, 1.807) is 0 Å². The normalized spacial score (nSPS) is 15.7. The summed E-state index contributed by atoms with van der Waals surface area (Å²) in [6.45, 7) is 2.90. The third kappa shape index (κ3) is 3.06. The monoisotopic (exact) mass is 333 g/mol. The van der Waals surface area contributed by atoms with E-state index in [-0.39, 0.29) is 0 Å². The Balaban J connectivity index is 1.80. The van der Waals surface area contributed by atoms with Gasteiger partial charge in [-0.2, -0.15) is 0 Å². The molecule has 0 radical (unpaired) electrons. The third-order valence-electron chi connectivity index (χ3n) is 3.88. The van der Waals surface area contributed by atoms with Crippen LogP contribution in [0.1, 0.15) is 36.9 Å². The molecule has 1 N–H and O–H groups in total. The van der Waals surface area contributed by atoms with Crippen molar-refractivity contribution in [2.45, 2.75) is 45.2 Å². The highest BCUT2D eigenvalue weighted by Crippen LogP contribution is 2.24. The predicted octanol–water partition coefficient (Wildman–Crippen LogP) is 4.36. The van der Waals surface area contributed by atoms with E-state index < -0.39 is 0 Å². The van der Waals surface area contributed by atoms with Crippen molar-refractivity contribution in [1.82, 2.24) is 9.55 Å². The lowest BCUT2D eigenvalue weighted by Crippen LogP contribution is -2.18. The maximum Gasteiger partial charge on any atom is 0.203 e. The fraction of sp³-hybridized carbons (Fsp3) is 0.438. The minimum Gasteiger partial charge on any atom is -0.353 e. The smallest absolute Gasteiger partial charge is 0.203 e. The SMILES string of the molecule is Cc1cn(Cc2ccccc2Br)c(NC2CCCC2)n1. The first-order valence-corrected chi connectivity index (χ1v) is 8.05. The largest absolute Gasteiger partial charge is 0.353 e. The second-order valence-electron chi connectivity index (χ2n) is 5.55. The number of rotatable bonds is 4. The van der Waals surface area contributed by atoms with Gasteiger partial charge in [-0.1, -0.05) is 47.0 Å². The first-order valence-electron chi connectivity index (χ1n) is 7.26. The number of nitrogens with one attached hydrogen (secondary N) is 1. The van der Waals surface area contributed by atoms with Crippen LogP contribution in [0.2, 0.25) is 0 Å². The second kappa shape index (κ2) is 6.00. The molecule has 1 aliphatic rings. The Morgan fingerprint density at radius 1 is 1.30 bits per heavy atom. The number of anilines is 1. The van der Waals surface area contributed by atoms with Gasteiger partial charge in [0.05, 0.1) is 12.2 Å². The number of hydrogen-bond acceptors (Lipinski definition) is 2. The van der Waals surface area contributed by atoms with Crippen LogP contribution in [0.4, 0.5) is 5.95 Å². The maximum absolute atomic E-state index is 4.64. The van der Waals surface area contributed by atoms with Gasteiger partial charge >= 0.3 is 0 Å². The van der Waals surface area contributed by atoms with E-state index >= 15 is 0 Å². The number of halogens is 1. The number of aromatic nitrogens is 2. The molecule has 3 rings (SSSR count). The fourth-order valence-corrected chi connectivity index (χ4v) is 3.26. The van der Waals surface area contributed by atoms with Gasteiger partial charge < -0.3 is 9.88 Å². The van der Waals surface area contributed by atoms with E-state index in [0.29, 0.717) is 6.04 Å². The van der Waals surface area contributed by atoms with E-state index in [1.807, 2.05) is 6.07 Å². The van der Waals surface area contributed by atoms with E-state index in [1.165, 1.54) is 31.2 Å². The lowest BCUT2D eigenvalue weighted by atomic mass is 10.2. The average Bonchev–Trinajstić information content (AvgIpc) is 3.03. The molecular weight excluding hydrogens is 314 g/mol. The molecule has 20 heavy (non-hydrogen) atoms. The van der Waals surface area contributed by atoms with Crippen molar-refractivity contribution < 1.29 is 0 Å². The first kappa shape index (κ1) is 13.7. The molecule has 1 fully saturated rings. The molecule has 3 nitrogen and oxygen atoms in total. The van der Waals surface area contributed by atoms with Crippen LogP contribution in [-0.2, 0) is 6.54 Å². The van der Waals surface area contributed by atoms with E-state index in [9.17, 15) is 0 Å². The Bertz CT molecular complexity index is 585. The molecule has 2 aromatic rings. The molecule has 1 heterocycles. The quantitative estimate of drug-likeness (QED) is 0.900. The highest BCUT2D eigenvalue weighted by molar-refractivity contribution is 9.10. The lowest BCUT2D eigenvalue weighted by molar-refractivity contribution is 0.715. The molecule has 1 saturated carbocycles. The summed E-state index contributed by atoms with van der Waals surface area (Å²) in [7, 11) is 0. The van der Waals surface area contributed by atoms with Crippen molar-refractivity contribution in [3.8, 4) is 0 Å². The van der Waals surface area contributed by atoms with E-state index in [2.05, 4.69) is 62.1 Å². The van der Waals surface area contributed by atoms with Gasteiger partial charge in [-0.3, -0.25) is 0 Å². The minimum absolute atomic E-state index is 0.592. The molecule has 0 atom stereocenters. The first-order chi connectivity index (χ1) is 9.72. The molecule has 4 heteroatoms. The molecule has 0 aliphatic heterocycles. The topological polar surface area (TPSA) is 29.9 Å². The number of hydrogen-bond donors (Lipinski definition) is 1. The van der Waals surface area contributed by atoms with Crippen molar-refractivity contribution in [3.63, 3.8) is 0 Å². The molecule has 1 aliphatic carbocycles. The fourth-order valence-electron chi connectivity index (χ4n) is 2.85. The van der Waals surface area contributed by atoms with Gasteiger partial charge in [0.2, 0.25) is 5.95 Å². The minimum atomic E-state index is 0.592. The van der Waals surface area contributed by atoms with E-state index in [4.69, 9.17) is 0 Å². The summed E-state index contributed by atoms with van der Waals surface area (Å²) < 4.78 is 3.37. The summed E-state index contributed by atoms with van der Waals surface area (Å²) in [6.07, 6.45) is 7.32. The summed E-state index contributed by atoms with van der Waals surface area (Å²) >= 11 is 3.62. The summed E-state index contributed by atoms with van der Waals surface area (Å²) in [4.78, 5) is 4.64. The summed E-state index contributed by atoms with van der Waals surface area (Å²) in [5, 5.41) is 3.61. The zero-order valence-corrected chi connectivity index (χ0v) is 13.4. The lowest BCUT2D eigenvalue weighted by Gasteiger charge is -2.15. The molecule has 1 aromatic carbocycles. The zero-order valence-electron chi connectivity index (χ0n) is 11.8. The van der Waals surface area contributed by atoms with Gasteiger partial charge in [-0.15, -0.1) is 0 Å². The summed E-state index contributed by atoms with van der Waals surface area (Å²) in [6, 6.07) is 8.95. The van der Waals surface area contributed by atoms with Crippen LogP contribution in [0.15, 0.2) is 34.9 Å². The van der Waals surface area contributed by atoms with Crippen molar-refractivity contribution >= 4 is 21.9 Å². The van der Waals surface area contributed by atoms with Crippen molar-refractivity contribution in [3.05, 3.63) is 46.2 Å². The van der Waals surface area contributed by atoms with Crippen LogP contribution in [-0.4, -0.2) is 15.6 Å². The van der Waals surface area contributed by atoms with Crippen LogP contribution in [0.3, 0.4) is 0 Å². The molecule has 0 bridgehead atoms. The number of nitrogens with zero attached hydrogens (tertiary/aromatic N) is 2. The van der Waals surface area contributed by atoms with Gasteiger partial charge in [0.15, 0.2) is 0 Å². The van der Waals surface area contributed by atoms with E-state index in [0.717, 1.165) is 22.7 Å². The molecule has 0 unspecified atom stereocenters. The summed E-state index contributed by atoms with van der Waals surface area (Å²) in [5.74, 6) is 1.00. The summed E-state index contributed by atoms with van der Waals surface area (Å²) in [5.41, 5.74) is 2.34. The Kier molecular flexibility index (Phi) is 4.10. The zero-order chi connectivity index (χ0) is 13.9. The maximum atomic E-state index is 4.64. The van der Waals surface area contributed by atoms with Crippen molar-refractivity contribution in [2.75, 3.05) is 5.32 Å². The van der Waals surface area contributed by atoms with Gasteiger partial charge in [-0.25, -0.2) is 4.98 Å². The van der Waals surface area contributed by atoms with Gasteiger partial charge in [0.25, 0.3) is 0 Å². The Morgan fingerprint density at radius 3 is 2.80 bits per heavy atom. The van der Waals surface area contributed by atoms with Crippen LogP contribution in [0.25, 0.3) is 0 Å². The molecule has 106 valence electrons. The second-order valence-corrected chi connectivity index (χ2v) is 6.41. The molecule has 0 saturated heterocycles. The average molecular weight is 334 g/mol. The number of benzene rings is 1. The highest BCUT2D eigenvalue weighted by atomic mass is 79.9. The van der Waals surface area contributed by atoms with Crippen molar-refractivity contribution in [2.24, 2.45) is 0 Å². The predicted molar refractivity (Wildman–Crippen MR) is 86.1 cm³/mol. The number of aryl methyl sites for hydroxylation is 1. The highest BCUT2D eigenvalue weighted by Gasteiger charge is 2.17. The van der Waals surface area contributed by atoms with Crippen LogP contribution in [0, 0.1) is 6.92 Å². The Labute approximate surface area is 128 Å². The molecule has 0 amide bonds.